The highest BCUT2D eigenvalue weighted by Gasteiger charge is 2.18. The van der Waals surface area contributed by atoms with Gasteiger partial charge in [-0.15, -0.1) is 0 Å². The van der Waals surface area contributed by atoms with E-state index in [0.29, 0.717) is 24.2 Å². The maximum absolute atomic E-state index is 11.2. The molecule has 0 aliphatic heterocycles. The zero-order valence-electron chi connectivity index (χ0n) is 12.3. The lowest BCUT2D eigenvalue weighted by atomic mass is 9.90. The van der Waals surface area contributed by atoms with E-state index in [2.05, 4.69) is 24.1 Å². The van der Waals surface area contributed by atoms with Gasteiger partial charge in [0.15, 0.2) is 0 Å². The summed E-state index contributed by atoms with van der Waals surface area (Å²) in [7, 11) is 0. The molecule has 0 radical (unpaired) electrons. The number of hydrogen-bond acceptors (Lipinski definition) is 4. The number of carbonyl (C=O) groups is 1. The van der Waals surface area contributed by atoms with Gasteiger partial charge >= 0.3 is 5.97 Å². The van der Waals surface area contributed by atoms with E-state index in [-0.39, 0.29) is 17.6 Å². The maximum atomic E-state index is 11.2. The van der Waals surface area contributed by atoms with Crippen LogP contribution in [0, 0.1) is 5.41 Å². The van der Waals surface area contributed by atoms with E-state index in [1.165, 1.54) is 6.20 Å². The molecule has 2 aromatic rings. The van der Waals surface area contributed by atoms with Crippen LogP contribution in [0.5, 0.6) is 0 Å². The van der Waals surface area contributed by atoms with Crippen molar-refractivity contribution in [1.82, 2.24) is 4.98 Å². The first-order valence-electron chi connectivity index (χ1n) is 6.90. The summed E-state index contributed by atoms with van der Waals surface area (Å²) in [6.45, 7) is 4.91. The van der Waals surface area contributed by atoms with Crippen molar-refractivity contribution >= 4 is 22.6 Å². The second-order valence-electron chi connectivity index (χ2n) is 5.86. The number of nitrogens with zero attached hydrogens (tertiary/aromatic N) is 1. The highest BCUT2D eigenvalue weighted by molar-refractivity contribution is 6.06. The minimum absolute atomic E-state index is 0.0665. The summed E-state index contributed by atoms with van der Waals surface area (Å²) >= 11 is 0. The Morgan fingerprint density at radius 2 is 1.95 bits per heavy atom. The molecule has 0 unspecified atom stereocenters. The summed E-state index contributed by atoms with van der Waals surface area (Å²) in [5, 5.41) is 23.0. The van der Waals surface area contributed by atoms with E-state index in [1.54, 1.807) is 6.07 Å². The van der Waals surface area contributed by atoms with Crippen LogP contribution in [0.3, 0.4) is 0 Å². The van der Waals surface area contributed by atoms with Crippen LogP contribution < -0.4 is 5.32 Å². The molecule has 5 nitrogen and oxygen atoms in total. The first-order chi connectivity index (χ1) is 9.94. The number of aliphatic hydroxyl groups is 1. The van der Waals surface area contributed by atoms with E-state index in [1.807, 2.05) is 18.2 Å². The lowest BCUT2D eigenvalue weighted by molar-refractivity contribution is 0.0698. The predicted octanol–water partition coefficient (Wildman–Crippen LogP) is 2.75. The van der Waals surface area contributed by atoms with Crippen molar-refractivity contribution < 1.29 is 15.0 Å². The zero-order chi connectivity index (χ0) is 15.5. The SMILES string of the molecule is CC(C)(CCO)CNc1ncc(C(=O)O)c2ccccc12. The Bertz CT molecular complexity index is 653. The van der Waals surface area contributed by atoms with Gasteiger partial charge in [-0.3, -0.25) is 0 Å². The van der Waals surface area contributed by atoms with Crippen LogP contribution in [0.15, 0.2) is 30.5 Å². The number of anilines is 1. The van der Waals surface area contributed by atoms with Gasteiger partial charge in [0.2, 0.25) is 0 Å². The van der Waals surface area contributed by atoms with Gasteiger partial charge in [0.05, 0.1) is 5.56 Å². The second kappa shape index (κ2) is 6.10. The number of carboxylic acids is 1. The third-order valence-electron chi connectivity index (χ3n) is 3.55. The molecule has 1 aromatic carbocycles. The molecule has 0 amide bonds. The van der Waals surface area contributed by atoms with Crippen LogP contribution in [0.2, 0.25) is 0 Å². The van der Waals surface area contributed by atoms with Gasteiger partial charge in [0.1, 0.15) is 5.82 Å². The molecule has 1 heterocycles. The fraction of sp³-hybridized carbons (Fsp3) is 0.375. The first kappa shape index (κ1) is 15.3. The molecule has 5 heteroatoms. The Balaban J connectivity index is 2.34. The predicted molar refractivity (Wildman–Crippen MR) is 82.7 cm³/mol. The summed E-state index contributed by atoms with van der Waals surface area (Å²) in [6.07, 6.45) is 2.07. The quantitative estimate of drug-likeness (QED) is 0.761. The Hall–Kier alpha value is -2.14. The van der Waals surface area contributed by atoms with Crippen LogP contribution in [-0.2, 0) is 0 Å². The molecule has 2 rings (SSSR count). The number of nitrogens with one attached hydrogen (secondary N) is 1. The lowest BCUT2D eigenvalue weighted by Crippen LogP contribution is -2.24. The Morgan fingerprint density at radius 1 is 1.29 bits per heavy atom. The number of aromatic carboxylic acids is 1. The summed E-state index contributed by atoms with van der Waals surface area (Å²) in [5.74, 6) is -0.313. The lowest BCUT2D eigenvalue weighted by Gasteiger charge is -2.24. The number of rotatable bonds is 6. The summed E-state index contributed by atoms with van der Waals surface area (Å²) in [5.41, 5.74) is 0.133. The Kier molecular flexibility index (Phi) is 4.43. The van der Waals surface area contributed by atoms with E-state index < -0.39 is 5.97 Å². The van der Waals surface area contributed by atoms with Crippen LogP contribution >= 0.6 is 0 Å². The molecule has 0 aliphatic carbocycles. The van der Waals surface area contributed by atoms with Gasteiger partial charge in [-0.2, -0.15) is 0 Å². The van der Waals surface area contributed by atoms with E-state index in [9.17, 15) is 9.90 Å². The third-order valence-corrected chi connectivity index (χ3v) is 3.55. The fourth-order valence-corrected chi connectivity index (χ4v) is 2.22. The van der Waals surface area contributed by atoms with Crippen molar-refractivity contribution in [2.45, 2.75) is 20.3 Å². The Morgan fingerprint density at radius 3 is 2.57 bits per heavy atom. The number of carboxylic acid groups (broad SMARTS) is 1. The molecule has 21 heavy (non-hydrogen) atoms. The molecule has 0 saturated heterocycles. The topological polar surface area (TPSA) is 82.5 Å². The molecule has 112 valence electrons. The smallest absolute Gasteiger partial charge is 0.337 e. The minimum atomic E-state index is -0.981. The third kappa shape index (κ3) is 3.49. The van der Waals surface area contributed by atoms with Gasteiger partial charge < -0.3 is 15.5 Å². The highest BCUT2D eigenvalue weighted by Crippen LogP contribution is 2.26. The number of pyridine rings is 1. The van der Waals surface area contributed by atoms with E-state index >= 15 is 0 Å². The standard InChI is InChI=1S/C16H20N2O3/c1-16(2,7-8-19)10-18-14-12-6-4-3-5-11(12)13(9-17-14)15(20)21/h3-6,9,19H,7-8,10H2,1-2H3,(H,17,18)(H,20,21). The molecular weight excluding hydrogens is 268 g/mol. The molecule has 0 aliphatic rings. The average Bonchev–Trinajstić information content (AvgIpc) is 2.44. The number of aromatic nitrogens is 1. The van der Waals surface area contributed by atoms with E-state index in [0.717, 1.165) is 5.39 Å². The summed E-state index contributed by atoms with van der Waals surface area (Å²) in [4.78, 5) is 15.5. The van der Waals surface area contributed by atoms with Gasteiger partial charge in [0, 0.05) is 30.1 Å². The molecule has 1 aromatic heterocycles. The largest absolute Gasteiger partial charge is 0.478 e. The molecule has 0 fully saturated rings. The maximum Gasteiger partial charge on any atom is 0.337 e. The molecule has 0 atom stereocenters. The normalized spacial score (nSPS) is 11.6. The Labute approximate surface area is 123 Å². The molecule has 3 N–H and O–H groups in total. The summed E-state index contributed by atoms with van der Waals surface area (Å²) < 4.78 is 0. The number of aliphatic hydroxyl groups excluding tert-OH is 1. The van der Waals surface area contributed by atoms with Crippen LogP contribution in [0.4, 0.5) is 5.82 Å². The second-order valence-corrected chi connectivity index (χ2v) is 5.86. The molecule has 0 spiro atoms. The summed E-state index contributed by atoms with van der Waals surface area (Å²) in [6, 6.07) is 7.31. The molecular formula is C16H20N2O3. The van der Waals surface area contributed by atoms with Crippen LogP contribution in [0.1, 0.15) is 30.6 Å². The van der Waals surface area contributed by atoms with Crippen molar-refractivity contribution in [3.05, 3.63) is 36.0 Å². The molecule has 0 bridgehead atoms. The van der Waals surface area contributed by atoms with Crippen LogP contribution in [-0.4, -0.2) is 34.3 Å². The minimum Gasteiger partial charge on any atom is -0.478 e. The number of fused-ring (bicyclic) bond motifs is 1. The fourth-order valence-electron chi connectivity index (χ4n) is 2.22. The van der Waals surface area contributed by atoms with Gasteiger partial charge in [-0.05, 0) is 11.8 Å². The monoisotopic (exact) mass is 288 g/mol. The van der Waals surface area contributed by atoms with Gasteiger partial charge in [-0.25, -0.2) is 9.78 Å². The number of hydrogen-bond donors (Lipinski definition) is 3. The van der Waals surface area contributed by atoms with Crippen LogP contribution in [0.25, 0.3) is 10.8 Å². The van der Waals surface area contributed by atoms with Crippen molar-refractivity contribution in [3.63, 3.8) is 0 Å². The molecule has 0 saturated carbocycles. The van der Waals surface area contributed by atoms with Crippen molar-refractivity contribution in [3.8, 4) is 0 Å². The number of benzene rings is 1. The van der Waals surface area contributed by atoms with Crippen molar-refractivity contribution in [2.75, 3.05) is 18.5 Å². The van der Waals surface area contributed by atoms with Gasteiger partial charge in [0.25, 0.3) is 0 Å². The highest BCUT2D eigenvalue weighted by atomic mass is 16.4. The average molecular weight is 288 g/mol. The van der Waals surface area contributed by atoms with Crippen molar-refractivity contribution in [2.24, 2.45) is 5.41 Å². The zero-order valence-corrected chi connectivity index (χ0v) is 12.3. The van der Waals surface area contributed by atoms with Crippen molar-refractivity contribution in [1.29, 1.82) is 0 Å². The first-order valence-corrected chi connectivity index (χ1v) is 6.90. The van der Waals surface area contributed by atoms with E-state index in [4.69, 9.17) is 5.11 Å². The van der Waals surface area contributed by atoms with Gasteiger partial charge in [-0.1, -0.05) is 38.1 Å².